The first-order chi connectivity index (χ1) is 14.9. The second-order valence-electron chi connectivity index (χ2n) is 8.70. The van der Waals surface area contributed by atoms with E-state index in [4.69, 9.17) is 0 Å². The number of Topliss-reactive ketones (excluding diaryl/α,β-unsaturated/α-hetero) is 2. The Hall–Kier alpha value is 2.93. The molecule has 2 heterocycles. The van der Waals surface area contributed by atoms with Crippen molar-refractivity contribution in [1.29, 1.82) is 0 Å². The van der Waals surface area contributed by atoms with Crippen molar-refractivity contribution in [2.24, 2.45) is 23.7 Å². The number of carbonyl (C=O) groups is 2. The van der Waals surface area contributed by atoms with Crippen molar-refractivity contribution < 1.29 is 27.1 Å². The zero-order chi connectivity index (χ0) is 25.5. The first-order valence-corrected chi connectivity index (χ1v) is 32.0. The molecule has 11 heteroatoms. The standard InChI is InChI=1S/C11H21NO2S.C10H19NO.I3.I2/c1-5-9-6-12(2)7-10(9)11(13)8-15(3,4)14;1-4-8-6-11(3)7-9(8)10(12)5-2;1-3-2;1-2/h8-10H,5-7H2,1-4H3;8-9H,4-7H2,1-3H3;;/q;;-1;/t9-,10?;8-,9+;;/m11../s1. The molecular weight excluding hydrogens is 995 g/mol. The third kappa shape index (κ3) is 15.9. The van der Waals surface area contributed by atoms with Crippen molar-refractivity contribution in [3.63, 3.8) is 0 Å². The van der Waals surface area contributed by atoms with Crippen molar-refractivity contribution in [3.8, 4) is 0 Å². The predicted octanol–water partition coefficient (Wildman–Crippen LogP) is 2.59. The molecule has 5 nitrogen and oxygen atoms in total. The molecule has 0 aromatic heterocycles. The topological polar surface area (TPSA) is 57.7 Å². The molecule has 2 aliphatic heterocycles. The first kappa shape index (κ1) is 37.1. The summed E-state index contributed by atoms with van der Waals surface area (Å²) in [7, 11) is 2.08. The van der Waals surface area contributed by atoms with E-state index in [2.05, 4.69) is 105 Å². The molecule has 0 spiro atoms. The van der Waals surface area contributed by atoms with Crippen molar-refractivity contribution >= 4 is 101 Å². The monoisotopic (exact) mass is 1030 g/mol. The Bertz CT molecular complexity index is 651. The summed E-state index contributed by atoms with van der Waals surface area (Å²) in [6.45, 7) is 10.1. The molecule has 2 saturated heterocycles. The van der Waals surface area contributed by atoms with Gasteiger partial charge in [-0.1, -0.05) is 33.6 Å². The zero-order valence-electron chi connectivity index (χ0n) is 20.3. The van der Waals surface area contributed by atoms with Gasteiger partial charge in [0.1, 0.15) is 5.78 Å². The van der Waals surface area contributed by atoms with Crippen LogP contribution in [0.3, 0.4) is 0 Å². The fourth-order valence-corrected chi connectivity index (χ4v) is 5.05. The van der Waals surface area contributed by atoms with Crippen LogP contribution >= 0.6 is 74.5 Å². The number of ketones is 2. The summed E-state index contributed by atoms with van der Waals surface area (Å²) in [5.74, 6) is 1.95. The molecule has 1 unspecified atom stereocenters. The van der Waals surface area contributed by atoms with Gasteiger partial charge in [-0.25, -0.2) is 0 Å². The van der Waals surface area contributed by atoms with Crippen LogP contribution in [0.5, 0.6) is 0 Å². The molecule has 0 amide bonds. The fourth-order valence-electron chi connectivity index (χ4n) is 4.32. The Morgan fingerprint density at radius 3 is 1.62 bits per heavy atom. The molecule has 0 aromatic rings. The summed E-state index contributed by atoms with van der Waals surface area (Å²) in [5, 5.41) is 1.43. The molecule has 0 aliphatic carbocycles. The molecule has 2 aliphatic rings. The van der Waals surface area contributed by atoms with Crippen LogP contribution < -0.4 is 13.3 Å². The third-order valence-electron chi connectivity index (χ3n) is 5.82. The van der Waals surface area contributed by atoms with Crippen molar-refractivity contribution in [1.82, 2.24) is 9.80 Å². The number of halogens is 5. The van der Waals surface area contributed by atoms with Crippen LogP contribution in [-0.2, 0) is 19.1 Å². The Morgan fingerprint density at radius 1 is 0.906 bits per heavy atom. The van der Waals surface area contributed by atoms with Crippen molar-refractivity contribution in [2.75, 3.05) is 52.8 Å². The number of carbonyl (C=O) groups excluding carboxylic acids is 2. The number of nitrogens with zero attached hydrogens (tertiary/aromatic N) is 2. The summed E-state index contributed by atoms with van der Waals surface area (Å²) in [6.07, 6.45) is 6.09. The Balaban J connectivity index is 0. The van der Waals surface area contributed by atoms with Gasteiger partial charge in [0, 0.05) is 99.5 Å². The van der Waals surface area contributed by atoms with Gasteiger partial charge in [-0.2, -0.15) is 0 Å². The van der Waals surface area contributed by atoms with Gasteiger partial charge >= 0.3 is 50.5 Å². The molecule has 194 valence electrons. The van der Waals surface area contributed by atoms with Crippen molar-refractivity contribution in [2.45, 2.75) is 40.0 Å². The van der Waals surface area contributed by atoms with E-state index in [0.29, 0.717) is 43.2 Å². The van der Waals surface area contributed by atoms with E-state index < -0.39 is 9.52 Å². The van der Waals surface area contributed by atoms with Crippen LogP contribution in [-0.4, -0.2) is 83.7 Å². The number of hydrogen-bond donors (Lipinski definition) is 0. The average molecular weight is 1040 g/mol. The van der Waals surface area contributed by atoms with E-state index >= 15 is 0 Å². The second-order valence-corrected chi connectivity index (χ2v) is 27.8. The van der Waals surface area contributed by atoms with Crippen LogP contribution in [0, 0.1) is 23.7 Å². The second kappa shape index (κ2) is 20.9. The first-order valence-electron chi connectivity index (χ1n) is 10.7. The molecule has 0 radical (unpaired) electrons. The molecule has 0 saturated carbocycles. The molecule has 2 fully saturated rings. The van der Waals surface area contributed by atoms with Gasteiger partial charge in [-0.05, 0) is 35.5 Å². The SMILES string of the molecule is CCC(=O)[C@H]1CN(C)C[C@H]1CC.CC[C@@H]1CN(C)CC1C(=O)C=S(C)(C)=O.II.I[I-]I. The van der Waals surface area contributed by atoms with Gasteiger partial charge < -0.3 is 9.80 Å². The minimum atomic E-state index is -2.05. The quantitative estimate of drug-likeness (QED) is 0.303. The summed E-state index contributed by atoms with van der Waals surface area (Å²) in [4.78, 5) is 27.9. The Labute approximate surface area is 250 Å². The van der Waals surface area contributed by atoms with Gasteiger partial charge in [0.25, 0.3) is 0 Å². The molecule has 0 aromatic carbocycles. The molecule has 4 atom stereocenters. The number of rotatable bonds is 6. The number of hydrogen-bond acceptors (Lipinski definition) is 5. The molecule has 0 bridgehead atoms. The number of likely N-dealkylation sites (tertiary alicyclic amines) is 2. The summed E-state index contributed by atoms with van der Waals surface area (Å²) in [5.41, 5.74) is 0. The maximum absolute atomic E-state index is 11.9. The van der Waals surface area contributed by atoms with Crippen LogP contribution in [0.1, 0.15) is 40.0 Å². The van der Waals surface area contributed by atoms with Gasteiger partial charge in [0.2, 0.25) is 0 Å². The third-order valence-corrected chi connectivity index (χ3v) is 6.62. The summed E-state index contributed by atoms with van der Waals surface area (Å²) < 4.78 is 11.5. The zero-order valence-corrected chi connectivity index (χ0v) is 31.9. The van der Waals surface area contributed by atoms with E-state index in [9.17, 15) is 13.8 Å². The average Bonchev–Trinajstić information content (AvgIpc) is 3.30. The van der Waals surface area contributed by atoms with E-state index in [1.165, 1.54) is 5.37 Å². The minimum absolute atomic E-state index is 0.0562. The van der Waals surface area contributed by atoms with Gasteiger partial charge in [-0.3, -0.25) is 13.8 Å². The Kier molecular flexibility index (Phi) is 24.3. The van der Waals surface area contributed by atoms with Gasteiger partial charge in [0.15, 0.2) is 5.78 Å². The summed E-state index contributed by atoms with van der Waals surface area (Å²) >= 11 is 9.54. The molecule has 0 N–H and O–H groups in total. The van der Waals surface area contributed by atoms with E-state index in [-0.39, 0.29) is 11.7 Å². The van der Waals surface area contributed by atoms with Gasteiger partial charge in [-0.15, -0.1) is 0 Å². The van der Waals surface area contributed by atoms with Crippen LogP contribution in [0.4, 0.5) is 0 Å². The van der Waals surface area contributed by atoms with Crippen LogP contribution in [0.25, 0.3) is 0 Å². The normalized spacial score (nSPS) is 25.6. The predicted molar refractivity (Wildman–Crippen MR) is 172 cm³/mol. The van der Waals surface area contributed by atoms with Crippen LogP contribution in [0.15, 0.2) is 0 Å². The van der Waals surface area contributed by atoms with E-state index in [0.717, 1.165) is 39.0 Å². The van der Waals surface area contributed by atoms with E-state index in [1.807, 2.05) is 14.0 Å². The molecular formula is C21H40I5N2O3S-. The molecule has 2 rings (SSSR count). The van der Waals surface area contributed by atoms with E-state index in [1.54, 1.807) is 12.5 Å². The van der Waals surface area contributed by atoms with Gasteiger partial charge in [0.05, 0.1) is 0 Å². The van der Waals surface area contributed by atoms with Crippen LogP contribution in [0.2, 0.25) is 0 Å². The fraction of sp³-hybridized carbons (Fsp3) is 0.857. The van der Waals surface area contributed by atoms with Crippen molar-refractivity contribution in [3.05, 3.63) is 0 Å². The maximum atomic E-state index is 11.9. The summed E-state index contributed by atoms with van der Waals surface area (Å²) in [6, 6.07) is 0. The molecule has 32 heavy (non-hydrogen) atoms. The Morgan fingerprint density at radius 2 is 1.28 bits per heavy atom.